The quantitative estimate of drug-likeness (QED) is 0.871. The molecule has 0 radical (unpaired) electrons. The first kappa shape index (κ1) is 13.7. The van der Waals surface area contributed by atoms with Gasteiger partial charge in [0.25, 0.3) is 0 Å². The average Bonchev–Trinajstić information content (AvgIpc) is 2.20. The highest BCUT2D eigenvalue weighted by Crippen LogP contribution is 2.26. The molecule has 3 heteroatoms. The standard InChI is InChI=1S/C14H22N2O/c1-9-7-10(2)12(4)14(11(9)3)15-13(17)8-16(5)6/h7H,8H2,1-6H3,(H,15,17). The summed E-state index contributed by atoms with van der Waals surface area (Å²) >= 11 is 0. The third-order valence-corrected chi connectivity index (χ3v) is 3.09. The van der Waals surface area contributed by atoms with Crippen LogP contribution in [0.4, 0.5) is 5.69 Å². The number of nitrogens with zero attached hydrogens (tertiary/aromatic N) is 1. The molecule has 1 aromatic carbocycles. The van der Waals surface area contributed by atoms with E-state index in [1.54, 1.807) is 0 Å². The van der Waals surface area contributed by atoms with E-state index in [-0.39, 0.29) is 5.91 Å². The molecule has 1 rings (SSSR count). The summed E-state index contributed by atoms with van der Waals surface area (Å²) in [5.41, 5.74) is 5.70. The van der Waals surface area contributed by atoms with E-state index in [2.05, 4.69) is 25.2 Å². The van der Waals surface area contributed by atoms with Gasteiger partial charge in [-0.1, -0.05) is 6.07 Å². The lowest BCUT2D eigenvalue weighted by atomic mass is 9.98. The Morgan fingerprint density at radius 1 is 1.12 bits per heavy atom. The maximum absolute atomic E-state index is 11.8. The first-order valence-corrected chi connectivity index (χ1v) is 5.85. The average molecular weight is 234 g/mol. The Morgan fingerprint density at radius 3 is 2.00 bits per heavy atom. The summed E-state index contributed by atoms with van der Waals surface area (Å²) in [6, 6.07) is 2.16. The minimum absolute atomic E-state index is 0.0335. The molecule has 0 aliphatic rings. The SMILES string of the molecule is Cc1cc(C)c(C)c(NC(=O)CN(C)C)c1C. The van der Waals surface area contributed by atoms with Gasteiger partial charge in [0.2, 0.25) is 5.91 Å². The Labute approximate surface area is 104 Å². The van der Waals surface area contributed by atoms with Gasteiger partial charge in [-0.2, -0.15) is 0 Å². The second-order valence-electron chi connectivity index (χ2n) is 4.92. The van der Waals surface area contributed by atoms with Crippen molar-refractivity contribution < 1.29 is 4.79 Å². The van der Waals surface area contributed by atoms with Gasteiger partial charge in [0.1, 0.15) is 0 Å². The van der Waals surface area contributed by atoms with E-state index >= 15 is 0 Å². The molecule has 17 heavy (non-hydrogen) atoms. The van der Waals surface area contributed by atoms with Crippen LogP contribution in [0.25, 0.3) is 0 Å². The molecule has 0 spiro atoms. The molecule has 0 atom stereocenters. The summed E-state index contributed by atoms with van der Waals surface area (Å²) in [7, 11) is 3.78. The van der Waals surface area contributed by atoms with E-state index in [9.17, 15) is 4.79 Å². The van der Waals surface area contributed by atoms with Crippen LogP contribution < -0.4 is 5.32 Å². The van der Waals surface area contributed by atoms with E-state index < -0.39 is 0 Å². The highest BCUT2D eigenvalue weighted by Gasteiger charge is 2.11. The van der Waals surface area contributed by atoms with Crippen LogP contribution in [0.3, 0.4) is 0 Å². The predicted molar refractivity (Wildman–Crippen MR) is 72.6 cm³/mol. The second kappa shape index (κ2) is 5.32. The first-order valence-electron chi connectivity index (χ1n) is 5.85. The molecular weight excluding hydrogens is 212 g/mol. The topological polar surface area (TPSA) is 32.3 Å². The second-order valence-corrected chi connectivity index (χ2v) is 4.92. The largest absolute Gasteiger partial charge is 0.324 e. The molecule has 0 saturated carbocycles. The molecule has 1 amide bonds. The third-order valence-electron chi connectivity index (χ3n) is 3.09. The highest BCUT2D eigenvalue weighted by molar-refractivity contribution is 5.94. The summed E-state index contributed by atoms with van der Waals surface area (Å²) < 4.78 is 0. The van der Waals surface area contributed by atoms with Crippen LogP contribution >= 0.6 is 0 Å². The van der Waals surface area contributed by atoms with Crippen LogP contribution in [-0.4, -0.2) is 31.4 Å². The van der Waals surface area contributed by atoms with Crippen LogP contribution in [0.1, 0.15) is 22.3 Å². The Bertz CT molecular complexity index is 410. The molecule has 0 aliphatic heterocycles. The fourth-order valence-corrected chi connectivity index (χ4v) is 1.87. The fourth-order valence-electron chi connectivity index (χ4n) is 1.87. The lowest BCUT2D eigenvalue weighted by Gasteiger charge is -2.17. The molecular formula is C14H22N2O. The number of aryl methyl sites for hydroxylation is 2. The predicted octanol–water partition coefficient (Wildman–Crippen LogP) is 2.42. The molecule has 1 N–H and O–H groups in total. The number of nitrogens with one attached hydrogen (secondary N) is 1. The van der Waals surface area contributed by atoms with Crippen LogP contribution in [0.2, 0.25) is 0 Å². The molecule has 0 fully saturated rings. The summed E-state index contributed by atoms with van der Waals surface area (Å²) in [6.45, 7) is 8.65. The van der Waals surface area contributed by atoms with Crippen molar-refractivity contribution in [1.82, 2.24) is 4.90 Å². The van der Waals surface area contributed by atoms with Gasteiger partial charge in [0.05, 0.1) is 6.54 Å². The number of hydrogen-bond donors (Lipinski definition) is 1. The van der Waals surface area contributed by atoms with Crippen molar-refractivity contribution in [2.45, 2.75) is 27.7 Å². The number of carbonyl (C=O) groups is 1. The molecule has 1 aromatic rings. The minimum atomic E-state index is 0.0335. The Balaban J connectivity index is 3.02. The van der Waals surface area contributed by atoms with Gasteiger partial charge >= 0.3 is 0 Å². The summed E-state index contributed by atoms with van der Waals surface area (Å²) in [4.78, 5) is 13.7. The molecule has 0 aliphatic carbocycles. The lowest BCUT2D eigenvalue weighted by Crippen LogP contribution is -2.27. The van der Waals surface area contributed by atoms with Crippen molar-refractivity contribution in [1.29, 1.82) is 0 Å². The van der Waals surface area contributed by atoms with Crippen LogP contribution in [0.5, 0.6) is 0 Å². The van der Waals surface area contributed by atoms with Crippen LogP contribution in [0.15, 0.2) is 6.07 Å². The Kier molecular flexibility index (Phi) is 4.29. The summed E-state index contributed by atoms with van der Waals surface area (Å²) in [6.07, 6.45) is 0. The monoisotopic (exact) mass is 234 g/mol. The molecule has 0 aromatic heterocycles. The number of likely N-dealkylation sites (N-methyl/N-ethyl adjacent to an activating group) is 1. The van der Waals surface area contributed by atoms with Gasteiger partial charge in [-0.15, -0.1) is 0 Å². The molecule has 0 bridgehead atoms. The number of benzene rings is 1. The molecule has 0 saturated heterocycles. The van der Waals surface area contributed by atoms with Crippen molar-refractivity contribution in [3.63, 3.8) is 0 Å². The zero-order valence-electron chi connectivity index (χ0n) is 11.6. The Hall–Kier alpha value is -1.35. The normalized spacial score (nSPS) is 10.8. The number of rotatable bonds is 3. The third kappa shape index (κ3) is 3.30. The molecule has 0 unspecified atom stereocenters. The van der Waals surface area contributed by atoms with Gasteiger partial charge in [-0.05, 0) is 64.0 Å². The van der Waals surface area contributed by atoms with E-state index in [4.69, 9.17) is 0 Å². The maximum Gasteiger partial charge on any atom is 0.238 e. The van der Waals surface area contributed by atoms with Crippen molar-refractivity contribution in [3.8, 4) is 0 Å². The molecule has 0 heterocycles. The van der Waals surface area contributed by atoms with Gasteiger partial charge in [0, 0.05) is 5.69 Å². The van der Waals surface area contributed by atoms with Crippen LogP contribution in [0, 0.1) is 27.7 Å². The number of hydrogen-bond acceptors (Lipinski definition) is 2. The number of carbonyl (C=O) groups excluding carboxylic acids is 1. The Morgan fingerprint density at radius 2 is 1.59 bits per heavy atom. The van der Waals surface area contributed by atoms with E-state index in [1.165, 1.54) is 11.1 Å². The maximum atomic E-state index is 11.8. The van der Waals surface area contributed by atoms with Crippen molar-refractivity contribution in [2.24, 2.45) is 0 Å². The van der Waals surface area contributed by atoms with Crippen LogP contribution in [-0.2, 0) is 4.79 Å². The van der Waals surface area contributed by atoms with Crippen molar-refractivity contribution in [3.05, 3.63) is 28.3 Å². The van der Waals surface area contributed by atoms with E-state index in [1.807, 2.05) is 32.8 Å². The van der Waals surface area contributed by atoms with E-state index in [0.717, 1.165) is 16.8 Å². The number of amides is 1. The van der Waals surface area contributed by atoms with Gasteiger partial charge in [-0.25, -0.2) is 0 Å². The van der Waals surface area contributed by atoms with Gasteiger partial charge in [0.15, 0.2) is 0 Å². The smallest absolute Gasteiger partial charge is 0.238 e. The summed E-state index contributed by atoms with van der Waals surface area (Å²) in [5, 5.41) is 3.01. The lowest BCUT2D eigenvalue weighted by molar-refractivity contribution is -0.116. The zero-order chi connectivity index (χ0) is 13.2. The first-order chi connectivity index (χ1) is 7.82. The minimum Gasteiger partial charge on any atom is -0.324 e. The molecule has 94 valence electrons. The van der Waals surface area contributed by atoms with Crippen molar-refractivity contribution >= 4 is 11.6 Å². The van der Waals surface area contributed by atoms with Crippen molar-refractivity contribution in [2.75, 3.05) is 26.0 Å². The van der Waals surface area contributed by atoms with E-state index in [0.29, 0.717) is 6.54 Å². The van der Waals surface area contributed by atoms with Gasteiger partial charge in [-0.3, -0.25) is 4.79 Å². The molecule has 3 nitrogen and oxygen atoms in total. The van der Waals surface area contributed by atoms with Gasteiger partial charge < -0.3 is 10.2 Å². The highest BCUT2D eigenvalue weighted by atomic mass is 16.2. The zero-order valence-corrected chi connectivity index (χ0v) is 11.6. The fraction of sp³-hybridized carbons (Fsp3) is 0.500. The summed E-state index contributed by atoms with van der Waals surface area (Å²) in [5.74, 6) is 0.0335. The number of anilines is 1.